The molecule has 0 aliphatic rings. The van der Waals surface area contributed by atoms with E-state index < -0.39 is 5.97 Å². The first-order chi connectivity index (χ1) is 10.1. The molecule has 0 radical (unpaired) electrons. The van der Waals surface area contributed by atoms with Crippen molar-refractivity contribution in [3.63, 3.8) is 0 Å². The zero-order chi connectivity index (χ0) is 15.2. The number of carboxylic acid groups (broad SMARTS) is 1. The van der Waals surface area contributed by atoms with Gasteiger partial charge in [0.2, 0.25) is 0 Å². The molecule has 5 heteroatoms. The highest BCUT2D eigenvalue weighted by Crippen LogP contribution is 2.09. The van der Waals surface area contributed by atoms with E-state index in [-0.39, 0.29) is 11.5 Å². The summed E-state index contributed by atoms with van der Waals surface area (Å²) in [5.41, 5.74) is 3.70. The van der Waals surface area contributed by atoms with Crippen LogP contribution >= 0.6 is 0 Å². The lowest BCUT2D eigenvalue weighted by atomic mass is 10.0. The summed E-state index contributed by atoms with van der Waals surface area (Å²) in [5, 5.41) is 15.0. The predicted molar refractivity (Wildman–Crippen MR) is 76.9 cm³/mol. The van der Waals surface area contributed by atoms with Crippen LogP contribution in [0.4, 0.5) is 0 Å². The van der Waals surface area contributed by atoms with E-state index in [0.717, 1.165) is 0 Å². The molecule has 0 aliphatic carbocycles. The van der Waals surface area contributed by atoms with Gasteiger partial charge in [-0.1, -0.05) is 42.5 Å². The molecule has 2 aromatic carbocycles. The summed E-state index contributed by atoms with van der Waals surface area (Å²) in [5.74, 6) is -1.64. The van der Waals surface area contributed by atoms with Gasteiger partial charge in [0, 0.05) is 16.7 Å². The zero-order valence-electron chi connectivity index (χ0n) is 11.4. The van der Waals surface area contributed by atoms with E-state index in [1.165, 1.54) is 6.07 Å². The maximum Gasteiger partial charge on any atom is 0.271 e. The summed E-state index contributed by atoms with van der Waals surface area (Å²) in [4.78, 5) is 22.9. The molecule has 106 valence electrons. The van der Waals surface area contributed by atoms with Crippen molar-refractivity contribution in [3.05, 3.63) is 71.3 Å². The Morgan fingerprint density at radius 3 is 2.14 bits per heavy atom. The minimum atomic E-state index is -1.28. The summed E-state index contributed by atoms with van der Waals surface area (Å²) in [6.45, 7) is 1.62. The fourth-order valence-electron chi connectivity index (χ4n) is 1.83. The van der Waals surface area contributed by atoms with Crippen LogP contribution in [0.2, 0.25) is 0 Å². The van der Waals surface area contributed by atoms with Crippen LogP contribution in [0, 0.1) is 0 Å². The molecule has 0 fully saturated rings. The number of nitrogens with one attached hydrogen (secondary N) is 1. The van der Waals surface area contributed by atoms with Crippen molar-refractivity contribution in [1.29, 1.82) is 0 Å². The van der Waals surface area contributed by atoms with Crippen molar-refractivity contribution in [2.45, 2.75) is 6.92 Å². The number of hydrogen-bond acceptors (Lipinski definition) is 4. The fourth-order valence-corrected chi connectivity index (χ4v) is 1.83. The van der Waals surface area contributed by atoms with Gasteiger partial charge in [-0.05, 0) is 19.1 Å². The molecule has 0 spiro atoms. The van der Waals surface area contributed by atoms with E-state index in [9.17, 15) is 14.7 Å². The van der Waals surface area contributed by atoms with Crippen LogP contribution in [0.5, 0.6) is 0 Å². The van der Waals surface area contributed by atoms with Crippen molar-refractivity contribution in [2.24, 2.45) is 5.10 Å². The molecular weight excluding hydrogens is 268 g/mol. The lowest BCUT2D eigenvalue weighted by Gasteiger charge is -2.09. The normalized spacial score (nSPS) is 11.0. The van der Waals surface area contributed by atoms with Crippen molar-refractivity contribution < 1.29 is 14.7 Å². The number of carbonyl (C=O) groups excluding carboxylic acids is 2. The molecule has 0 heterocycles. The quantitative estimate of drug-likeness (QED) is 0.675. The van der Waals surface area contributed by atoms with Crippen LogP contribution in [0.1, 0.15) is 33.2 Å². The largest absolute Gasteiger partial charge is 0.545 e. The Bertz CT molecular complexity index is 694. The smallest absolute Gasteiger partial charge is 0.271 e. The lowest BCUT2D eigenvalue weighted by Crippen LogP contribution is -2.25. The highest BCUT2D eigenvalue weighted by molar-refractivity contribution is 6.07. The Balaban J connectivity index is 2.19. The molecule has 5 nitrogen and oxygen atoms in total. The maximum absolute atomic E-state index is 11.9. The highest BCUT2D eigenvalue weighted by Gasteiger charge is 2.07. The second-order valence-electron chi connectivity index (χ2n) is 4.34. The third kappa shape index (κ3) is 3.54. The summed E-state index contributed by atoms with van der Waals surface area (Å²) in [6.07, 6.45) is 0. The van der Waals surface area contributed by atoms with Crippen LogP contribution in [0.15, 0.2) is 59.7 Å². The van der Waals surface area contributed by atoms with Crippen LogP contribution in [-0.2, 0) is 0 Å². The molecule has 0 aliphatic heterocycles. The first-order valence-electron chi connectivity index (χ1n) is 6.30. The van der Waals surface area contributed by atoms with Gasteiger partial charge in [-0.3, -0.25) is 4.79 Å². The summed E-state index contributed by atoms with van der Waals surface area (Å²) < 4.78 is 0. The first kappa shape index (κ1) is 14.5. The number of hydrogen-bond donors (Lipinski definition) is 1. The van der Waals surface area contributed by atoms with Crippen LogP contribution in [-0.4, -0.2) is 17.6 Å². The van der Waals surface area contributed by atoms with Crippen molar-refractivity contribution in [1.82, 2.24) is 5.43 Å². The standard InChI is InChI=1S/C16H14N2O3/c1-11(13-9-5-6-10-14(13)16(20)21)17-18-15(19)12-7-3-2-4-8-12/h2-10H,1H3,(H,18,19)(H,20,21)/p-1/b17-11-. The number of rotatable bonds is 4. The second-order valence-corrected chi connectivity index (χ2v) is 4.34. The molecule has 0 bridgehead atoms. The molecule has 0 aromatic heterocycles. The summed E-state index contributed by atoms with van der Waals surface area (Å²) in [6, 6.07) is 15.0. The summed E-state index contributed by atoms with van der Waals surface area (Å²) in [7, 11) is 0. The molecule has 0 atom stereocenters. The SMILES string of the molecule is C/C(=N/NC(=O)c1ccccc1)c1ccccc1C(=O)[O-]. The maximum atomic E-state index is 11.9. The van der Waals surface area contributed by atoms with Gasteiger partial charge < -0.3 is 9.90 Å². The van der Waals surface area contributed by atoms with Gasteiger partial charge in [0.05, 0.1) is 11.7 Å². The van der Waals surface area contributed by atoms with Gasteiger partial charge >= 0.3 is 0 Å². The van der Waals surface area contributed by atoms with Gasteiger partial charge in [0.25, 0.3) is 5.91 Å². The average molecular weight is 281 g/mol. The van der Waals surface area contributed by atoms with Gasteiger partial charge in [0.1, 0.15) is 0 Å². The van der Waals surface area contributed by atoms with Crippen molar-refractivity contribution >= 4 is 17.6 Å². The molecule has 2 aromatic rings. The first-order valence-corrected chi connectivity index (χ1v) is 6.30. The molecule has 21 heavy (non-hydrogen) atoms. The number of carboxylic acids is 1. The number of benzene rings is 2. The Hall–Kier alpha value is -2.95. The van der Waals surface area contributed by atoms with E-state index in [2.05, 4.69) is 10.5 Å². The topological polar surface area (TPSA) is 81.6 Å². The Labute approximate surface area is 121 Å². The number of aromatic carboxylic acids is 1. The van der Waals surface area contributed by atoms with Gasteiger partial charge in [0.15, 0.2) is 0 Å². The van der Waals surface area contributed by atoms with Crippen molar-refractivity contribution in [2.75, 3.05) is 0 Å². The van der Waals surface area contributed by atoms with Gasteiger partial charge in [-0.25, -0.2) is 5.43 Å². The van der Waals surface area contributed by atoms with Crippen LogP contribution in [0.25, 0.3) is 0 Å². The molecular formula is C16H13N2O3-. The summed E-state index contributed by atoms with van der Waals surface area (Å²) >= 11 is 0. The minimum Gasteiger partial charge on any atom is -0.545 e. The Kier molecular flexibility index (Phi) is 4.46. The fraction of sp³-hybridized carbons (Fsp3) is 0.0625. The third-order valence-electron chi connectivity index (χ3n) is 2.90. The molecule has 1 amide bonds. The lowest BCUT2D eigenvalue weighted by molar-refractivity contribution is -0.255. The molecule has 0 unspecified atom stereocenters. The highest BCUT2D eigenvalue weighted by atomic mass is 16.4. The number of nitrogens with zero attached hydrogens (tertiary/aromatic N) is 1. The number of amides is 1. The van der Waals surface area contributed by atoms with Gasteiger partial charge in [-0.2, -0.15) is 5.10 Å². The zero-order valence-corrected chi connectivity index (χ0v) is 11.4. The van der Waals surface area contributed by atoms with E-state index >= 15 is 0 Å². The van der Waals surface area contributed by atoms with E-state index in [1.54, 1.807) is 55.5 Å². The average Bonchev–Trinajstić information content (AvgIpc) is 2.53. The third-order valence-corrected chi connectivity index (χ3v) is 2.90. The molecule has 0 saturated heterocycles. The van der Waals surface area contributed by atoms with Crippen LogP contribution < -0.4 is 10.5 Å². The second kappa shape index (κ2) is 6.47. The number of carbonyl (C=O) groups is 2. The van der Waals surface area contributed by atoms with Crippen LogP contribution in [0.3, 0.4) is 0 Å². The van der Waals surface area contributed by atoms with E-state index in [0.29, 0.717) is 16.8 Å². The molecule has 2 rings (SSSR count). The Morgan fingerprint density at radius 2 is 1.52 bits per heavy atom. The monoisotopic (exact) mass is 281 g/mol. The molecule has 0 saturated carbocycles. The van der Waals surface area contributed by atoms with Crippen molar-refractivity contribution in [3.8, 4) is 0 Å². The van der Waals surface area contributed by atoms with E-state index in [4.69, 9.17) is 0 Å². The Morgan fingerprint density at radius 1 is 0.952 bits per heavy atom. The van der Waals surface area contributed by atoms with E-state index in [1.807, 2.05) is 0 Å². The minimum absolute atomic E-state index is 0.0349. The number of hydrazone groups is 1. The molecule has 1 N–H and O–H groups in total. The predicted octanol–water partition coefficient (Wildman–Crippen LogP) is 1.20. The van der Waals surface area contributed by atoms with Gasteiger partial charge in [-0.15, -0.1) is 0 Å².